The molecule has 2 fully saturated rings. The molecule has 0 aliphatic carbocycles. The van der Waals surface area contributed by atoms with Gasteiger partial charge in [-0.25, -0.2) is 13.1 Å². The van der Waals surface area contributed by atoms with Crippen molar-refractivity contribution in [3.8, 4) is 0 Å². The molecule has 1 aromatic rings. The van der Waals surface area contributed by atoms with Gasteiger partial charge in [0.2, 0.25) is 10.0 Å². The number of benzene rings is 1. The number of aliphatic imine (C=N–C) groups is 1. The number of hydrogen-bond acceptors (Lipinski definition) is 5. The molecule has 0 saturated carbocycles. The highest BCUT2D eigenvalue weighted by Crippen LogP contribution is 2.17. The van der Waals surface area contributed by atoms with Crippen LogP contribution in [0.1, 0.15) is 24.8 Å². The van der Waals surface area contributed by atoms with Crippen LogP contribution in [0.3, 0.4) is 0 Å². The summed E-state index contributed by atoms with van der Waals surface area (Å²) in [7, 11) is -1.60. The fourth-order valence-electron chi connectivity index (χ4n) is 3.89. The summed E-state index contributed by atoms with van der Waals surface area (Å²) >= 11 is 0. The van der Waals surface area contributed by atoms with E-state index in [0.717, 1.165) is 58.0 Å². The van der Waals surface area contributed by atoms with Crippen LogP contribution < -0.4 is 14.9 Å². The number of piperazine rings is 1. The zero-order valence-electron chi connectivity index (χ0n) is 18.1. The fraction of sp³-hybridized carbons (Fsp3) is 0.667. The van der Waals surface area contributed by atoms with Crippen molar-refractivity contribution in [1.82, 2.24) is 14.9 Å². The minimum Gasteiger partial charge on any atom is -0.377 e. The van der Waals surface area contributed by atoms with E-state index in [9.17, 15) is 8.42 Å². The Kier molecular flexibility index (Phi) is 8.35. The Balaban J connectivity index is 1.40. The summed E-state index contributed by atoms with van der Waals surface area (Å²) in [6.45, 7) is 7.02. The molecule has 0 radical (unpaired) electrons. The Morgan fingerprint density at radius 3 is 2.70 bits per heavy atom. The molecule has 2 N–H and O–H groups in total. The Hall–Kier alpha value is -1.84. The Morgan fingerprint density at radius 1 is 1.23 bits per heavy atom. The van der Waals surface area contributed by atoms with E-state index in [4.69, 9.17) is 4.74 Å². The van der Waals surface area contributed by atoms with Gasteiger partial charge >= 0.3 is 0 Å². The SMILES string of the molecule is CN=C(NCCS(=O)(=O)NCC1CCCCO1)N1CCN(c2cccc(C)c2)CC1. The predicted molar refractivity (Wildman–Crippen MR) is 122 cm³/mol. The summed E-state index contributed by atoms with van der Waals surface area (Å²) in [6.07, 6.45) is 3.08. The van der Waals surface area contributed by atoms with Gasteiger partial charge in [0, 0.05) is 58.6 Å². The molecule has 0 amide bonds. The molecule has 0 aromatic heterocycles. The molecular weight excluding hydrogens is 402 g/mol. The van der Waals surface area contributed by atoms with Crippen LogP contribution in [0.4, 0.5) is 5.69 Å². The number of nitrogens with one attached hydrogen (secondary N) is 2. The molecule has 168 valence electrons. The molecule has 2 heterocycles. The standard InChI is InChI=1S/C21H35N5O3S/c1-18-6-5-7-19(16-18)25-10-12-26(13-11-25)21(22-2)23-9-15-30(27,28)24-17-20-8-3-4-14-29-20/h5-7,16,20,24H,3-4,8-15,17H2,1-2H3,(H,22,23). The molecule has 3 rings (SSSR count). The summed E-state index contributed by atoms with van der Waals surface area (Å²) in [5.74, 6) is 0.770. The Morgan fingerprint density at radius 2 is 2.03 bits per heavy atom. The third-order valence-electron chi connectivity index (χ3n) is 5.62. The monoisotopic (exact) mass is 437 g/mol. The zero-order valence-corrected chi connectivity index (χ0v) is 19.0. The molecule has 0 spiro atoms. The Bertz CT molecular complexity index is 801. The normalized spacial score (nSPS) is 21.0. The van der Waals surface area contributed by atoms with Crippen LogP contribution in [0.15, 0.2) is 29.3 Å². The van der Waals surface area contributed by atoms with Gasteiger partial charge < -0.3 is 19.9 Å². The topological polar surface area (TPSA) is 86.3 Å². The quantitative estimate of drug-likeness (QED) is 0.492. The van der Waals surface area contributed by atoms with Gasteiger partial charge in [-0.15, -0.1) is 0 Å². The van der Waals surface area contributed by atoms with Crippen LogP contribution in [0.25, 0.3) is 0 Å². The number of ether oxygens (including phenoxy) is 1. The van der Waals surface area contributed by atoms with Crippen LogP contribution >= 0.6 is 0 Å². The minimum absolute atomic E-state index is 0.000975. The van der Waals surface area contributed by atoms with Crippen LogP contribution in [-0.2, 0) is 14.8 Å². The minimum atomic E-state index is -3.34. The van der Waals surface area contributed by atoms with E-state index in [0.29, 0.717) is 13.1 Å². The average molecular weight is 438 g/mol. The van der Waals surface area contributed by atoms with Crippen molar-refractivity contribution in [2.45, 2.75) is 32.3 Å². The smallest absolute Gasteiger partial charge is 0.213 e. The van der Waals surface area contributed by atoms with Crippen LogP contribution in [0.2, 0.25) is 0 Å². The molecule has 0 bridgehead atoms. The maximum Gasteiger partial charge on any atom is 0.213 e. The lowest BCUT2D eigenvalue weighted by Gasteiger charge is -2.37. The second-order valence-electron chi connectivity index (χ2n) is 7.94. The summed E-state index contributed by atoms with van der Waals surface area (Å²) < 4.78 is 32.8. The van der Waals surface area contributed by atoms with E-state index in [1.165, 1.54) is 11.3 Å². The van der Waals surface area contributed by atoms with Gasteiger partial charge in [0.1, 0.15) is 0 Å². The van der Waals surface area contributed by atoms with Crippen molar-refractivity contribution in [3.05, 3.63) is 29.8 Å². The molecule has 30 heavy (non-hydrogen) atoms. The first kappa shape index (κ1) is 22.8. The highest BCUT2D eigenvalue weighted by Gasteiger charge is 2.21. The van der Waals surface area contributed by atoms with Crippen LogP contribution in [0, 0.1) is 6.92 Å². The van der Waals surface area contributed by atoms with E-state index >= 15 is 0 Å². The number of hydrogen-bond donors (Lipinski definition) is 2. The van der Waals surface area contributed by atoms with E-state index in [-0.39, 0.29) is 11.9 Å². The van der Waals surface area contributed by atoms with E-state index in [2.05, 4.69) is 56.0 Å². The van der Waals surface area contributed by atoms with Gasteiger partial charge in [-0.1, -0.05) is 12.1 Å². The summed E-state index contributed by atoms with van der Waals surface area (Å²) in [5.41, 5.74) is 2.51. The van der Waals surface area contributed by atoms with E-state index in [1.807, 2.05) is 0 Å². The molecule has 1 unspecified atom stereocenters. The lowest BCUT2D eigenvalue weighted by Crippen LogP contribution is -2.53. The van der Waals surface area contributed by atoms with Crippen LogP contribution in [0.5, 0.6) is 0 Å². The number of sulfonamides is 1. The van der Waals surface area contributed by atoms with Crippen LogP contribution in [-0.4, -0.2) is 84.1 Å². The molecule has 2 aliphatic rings. The first-order valence-electron chi connectivity index (χ1n) is 10.8. The Labute approximate surface area is 180 Å². The van der Waals surface area contributed by atoms with Gasteiger partial charge in [-0.05, 0) is 43.9 Å². The maximum absolute atomic E-state index is 12.3. The predicted octanol–water partition coefficient (Wildman–Crippen LogP) is 1.18. The van der Waals surface area contributed by atoms with Gasteiger partial charge in [-0.3, -0.25) is 4.99 Å². The average Bonchev–Trinajstić information content (AvgIpc) is 2.76. The van der Waals surface area contributed by atoms with Gasteiger partial charge in [0.05, 0.1) is 11.9 Å². The summed E-state index contributed by atoms with van der Waals surface area (Å²) in [4.78, 5) is 8.90. The fourth-order valence-corrected chi connectivity index (χ4v) is 4.85. The molecule has 9 heteroatoms. The number of aryl methyl sites for hydroxylation is 1. The first-order valence-corrected chi connectivity index (χ1v) is 12.5. The zero-order chi connectivity index (χ0) is 21.4. The summed E-state index contributed by atoms with van der Waals surface area (Å²) in [6, 6.07) is 8.55. The molecule has 2 aliphatic heterocycles. The van der Waals surface area contributed by atoms with E-state index < -0.39 is 10.0 Å². The second kappa shape index (κ2) is 11.0. The molecule has 2 saturated heterocycles. The van der Waals surface area contributed by atoms with Crippen molar-refractivity contribution in [2.24, 2.45) is 4.99 Å². The molecule has 1 aromatic carbocycles. The number of anilines is 1. The lowest BCUT2D eigenvalue weighted by atomic mass is 10.1. The maximum atomic E-state index is 12.3. The summed E-state index contributed by atoms with van der Waals surface area (Å²) in [5, 5.41) is 3.20. The van der Waals surface area contributed by atoms with Gasteiger partial charge in [-0.2, -0.15) is 0 Å². The van der Waals surface area contributed by atoms with Crippen molar-refractivity contribution < 1.29 is 13.2 Å². The molecular formula is C21H35N5O3S. The number of guanidine groups is 1. The highest BCUT2D eigenvalue weighted by atomic mass is 32.2. The van der Waals surface area contributed by atoms with Crippen molar-refractivity contribution in [2.75, 3.05) is 63.6 Å². The number of nitrogens with zero attached hydrogens (tertiary/aromatic N) is 3. The molecule has 1 atom stereocenters. The van der Waals surface area contributed by atoms with Gasteiger partial charge in [0.15, 0.2) is 5.96 Å². The molecule has 8 nitrogen and oxygen atoms in total. The largest absolute Gasteiger partial charge is 0.377 e. The second-order valence-corrected chi connectivity index (χ2v) is 9.87. The third kappa shape index (κ3) is 6.85. The number of rotatable bonds is 7. The van der Waals surface area contributed by atoms with Crippen molar-refractivity contribution >= 4 is 21.7 Å². The van der Waals surface area contributed by atoms with E-state index in [1.54, 1.807) is 7.05 Å². The van der Waals surface area contributed by atoms with Crippen molar-refractivity contribution in [3.63, 3.8) is 0 Å². The van der Waals surface area contributed by atoms with Crippen molar-refractivity contribution in [1.29, 1.82) is 0 Å². The lowest BCUT2D eigenvalue weighted by molar-refractivity contribution is 0.0200. The first-order chi connectivity index (χ1) is 14.5. The third-order valence-corrected chi connectivity index (χ3v) is 6.96. The van der Waals surface area contributed by atoms with Gasteiger partial charge in [0.25, 0.3) is 0 Å². The highest BCUT2D eigenvalue weighted by molar-refractivity contribution is 7.89.